The van der Waals surface area contributed by atoms with E-state index < -0.39 is 20.2 Å². The second kappa shape index (κ2) is 10.8. The summed E-state index contributed by atoms with van der Waals surface area (Å²) < 4.78 is 36.3. The summed E-state index contributed by atoms with van der Waals surface area (Å²) in [6, 6.07) is 0. The molecule has 38 valence electrons. The van der Waals surface area contributed by atoms with Crippen molar-refractivity contribution in [1.82, 2.24) is 0 Å². The molecule has 0 rings (SSSR count). The summed E-state index contributed by atoms with van der Waals surface area (Å²) in [7, 11) is -5.90. The molecule has 8 heavy (non-hydrogen) atoms. The third-order valence-electron chi connectivity index (χ3n) is 0.111. The standard InChI is InChI=1S/H2O4S2.2Rb/c1-5(2)6(3)4;;/h(H,1,2)(H,3,4);;/q;2*+1/p-2. The van der Waals surface area contributed by atoms with Gasteiger partial charge in [0, 0.05) is 20.2 Å². The Kier molecular flexibility index (Phi) is 24.1. The Bertz CT molecular complexity index is 78.0. The Balaban J connectivity index is -0.000000125. The van der Waals surface area contributed by atoms with Gasteiger partial charge in [0.2, 0.25) is 0 Å². The van der Waals surface area contributed by atoms with E-state index in [2.05, 4.69) is 0 Å². The van der Waals surface area contributed by atoms with Crippen LogP contribution in [-0.2, 0) is 20.2 Å². The topological polar surface area (TPSA) is 80.3 Å². The average Bonchev–Trinajstić information content (AvgIpc) is 1.36. The number of rotatable bonds is 1. The molecule has 0 aliphatic carbocycles. The van der Waals surface area contributed by atoms with E-state index in [0.29, 0.717) is 0 Å². The molecule has 0 heterocycles. The minimum Gasteiger partial charge on any atom is -0.763 e. The van der Waals surface area contributed by atoms with Gasteiger partial charge in [-0.25, -0.2) is 0 Å². The fourth-order valence-corrected chi connectivity index (χ4v) is 0. The summed E-state index contributed by atoms with van der Waals surface area (Å²) in [6.07, 6.45) is 0. The number of hydrogen-bond acceptors (Lipinski definition) is 4. The van der Waals surface area contributed by atoms with Crippen molar-refractivity contribution in [3.63, 3.8) is 0 Å². The zero-order valence-electron chi connectivity index (χ0n) is 4.45. The first kappa shape index (κ1) is 17.8. The molecular weight excluding hydrogens is 299 g/mol. The van der Waals surface area contributed by atoms with Crippen LogP contribution in [0.3, 0.4) is 0 Å². The Morgan fingerprint density at radius 1 is 0.875 bits per heavy atom. The molecule has 0 saturated heterocycles. The summed E-state index contributed by atoms with van der Waals surface area (Å²) in [5.41, 5.74) is 0. The maximum absolute atomic E-state index is 9.09. The average molecular weight is 299 g/mol. The van der Waals surface area contributed by atoms with Gasteiger partial charge in [0.1, 0.15) is 0 Å². The Morgan fingerprint density at radius 2 is 1.00 bits per heavy atom. The van der Waals surface area contributed by atoms with Crippen LogP contribution >= 0.6 is 0 Å². The van der Waals surface area contributed by atoms with Crippen LogP contribution in [0.25, 0.3) is 0 Å². The first-order valence-electron chi connectivity index (χ1n) is 0.833. The molecule has 0 fully saturated rings. The Labute approximate surface area is 149 Å². The van der Waals surface area contributed by atoms with Gasteiger partial charge in [-0.2, -0.15) is 0 Å². The van der Waals surface area contributed by atoms with Crippen molar-refractivity contribution >= 4 is 20.2 Å². The molecule has 2 unspecified atom stereocenters. The second-order valence-electron chi connectivity index (χ2n) is 0.408. The van der Waals surface area contributed by atoms with Gasteiger partial charge in [0.15, 0.2) is 0 Å². The van der Waals surface area contributed by atoms with Gasteiger partial charge in [0.05, 0.1) is 0 Å². The predicted molar refractivity (Wildman–Crippen MR) is 17.8 cm³/mol. The smallest absolute Gasteiger partial charge is 0.763 e. The summed E-state index contributed by atoms with van der Waals surface area (Å²) in [5.74, 6) is 0. The predicted octanol–water partition coefficient (Wildman–Crippen LogP) is -7.33. The largest absolute Gasteiger partial charge is 1.00 e. The SMILES string of the molecule is O=S([O-])S(=O)[O-].[Rb+].[Rb+]. The van der Waals surface area contributed by atoms with E-state index in [4.69, 9.17) is 17.5 Å². The van der Waals surface area contributed by atoms with E-state index in [0.717, 1.165) is 0 Å². The number of hydrogen-bond donors (Lipinski definition) is 0. The zero-order chi connectivity index (χ0) is 5.15. The first-order chi connectivity index (χ1) is 2.64. The van der Waals surface area contributed by atoms with Crippen LogP contribution in [0.1, 0.15) is 0 Å². The van der Waals surface area contributed by atoms with Crippen LogP contribution in [0.2, 0.25) is 0 Å². The van der Waals surface area contributed by atoms with Crippen molar-refractivity contribution in [2.75, 3.05) is 0 Å². The van der Waals surface area contributed by atoms with Crippen LogP contribution in [-0.4, -0.2) is 17.5 Å². The summed E-state index contributed by atoms with van der Waals surface area (Å²) in [6.45, 7) is 0. The van der Waals surface area contributed by atoms with Crippen molar-refractivity contribution in [3.05, 3.63) is 0 Å². The molecular formula is O4Rb2S2. The zero-order valence-corrected chi connectivity index (χ0v) is 15.9. The molecule has 0 bridgehead atoms. The Morgan fingerprint density at radius 3 is 1.00 bits per heavy atom. The minimum atomic E-state index is -2.95. The molecule has 2 atom stereocenters. The second-order valence-corrected chi connectivity index (χ2v) is 2.86. The van der Waals surface area contributed by atoms with Gasteiger partial charge in [-0.05, 0) is 0 Å². The molecule has 0 aromatic heterocycles. The monoisotopic (exact) mass is 298 g/mol. The van der Waals surface area contributed by atoms with Gasteiger partial charge >= 0.3 is 116 Å². The Hall–Kier alpha value is 3.83. The molecule has 0 aliphatic heterocycles. The third kappa shape index (κ3) is 12.5. The van der Waals surface area contributed by atoms with Crippen LogP contribution in [0, 0.1) is 0 Å². The van der Waals surface area contributed by atoms with Crippen molar-refractivity contribution in [2.24, 2.45) is 0 Å². The molecule has 0 saturated carbocycles. The van der Waals surface area contributed by atoms with E-state index >= 15 is 0 Å². The van der Waals surface area contributed by atoms with Gasteiger partial charge in [-0.15, -0.1) is 0 Å². The van der Waals surface area contributed by atoms with E-state index in [9.17, 15) is 0 Å². The fourth-order valence-electron chi connectivity index (χ4n) is 0. The molecule has 0 N–H and O–H groups in total. The fraction of sp³-hybridized carbons (Fsp3) is 0. The first-order valence-corrected chi connectivity index (χ1v) is 3.50. The third-order valence-corrected chi connectivity index (χ3v) is 1.00. The molecule has 0 radical (unpaired) electrons. The molecule has 4 nitrogen and oxygen atoms in total. The van der Waals surface area contributed by atoms with Crippen LogP contribution in [0.5, 0.6) is 0 Å². The summed E-state index contributed by atoms with van der Waals surface area (Å²) >= 11 is 0. The van der Waals surface area contributed by atoms with E-state index in [1.165, 1.54) is 0 Å². The van der Waals surface area contributed by atoms with Crippen molar-refractivity contribution in [3.8, 4) is 0 Å². The normalized spacial score (nSPS) is 14.8. The van der Waals surface area contributed by atoms with E-state index in [1.54, 1.807) is 0 Å². The maximum atomic E-state index is 9.09. The minimum absolute atomic E-state index is 0. The summed E-state index contributed by atoms with van der Waals surface area (Å²) in [5, 5.41) is 0. The van der Waals surface area contributed by atoms with Gasteiger partial charge in [-0.3, -0.25) is 8.42 Å². The van der Waals surface area contributed by atoms with Gasteiger partial charge in [0.25, 0.3) is 0 Å². The van der Waals surface area contributed by atoms with Gasteiger partial charge < -0.3 is 9.11 Å². The summed E-state index contributed by atoms with van der Waals surface area (Å²) in [4.78, 5) is 0. The van der Waals surface area contributed by atoms with Crippen molar-refractivity contribution < 1.29 is 134 Å². The maximum Gasteiger partial charge on any atom is 1.00 e. The van der Waals surface area contributed by atoms with Gasteiger partial charge in [-0.1, -0.05) is 0 Å². The van der Waals surface area contributed by atoms with Crippen LogP contribution < -0.4 is 116 Å². The van der Waals surface area contributed by atoms with Crippen LogP contribution in [0.4, 0.5) is 0 Å². The van der Waals surface area contributed by atoms with E-state index in [-0.39, 0.29) is 116 Å². The molecule has 0 aromatic rings. The molecule has 0 amide bonds. The molecule has 0 aliphatic rings. The molecule has 0 spiro atoms. The molecule has 0 aromatic carbocycles. The van der Waals surface area contributed by atoms with E-state index in [1.807, 2.05) is 0 Å². The quantitative estimate of drug-likeness (QED) is 0.356. The van der Waals surface area contributed by atoms with Crippen molar-refractivity contribution in [1.29, 1.82) is 0 Å². The molecule has 8 heteroatoms. The van der Waals surface area contributed by atoms with Crippen molar-refractivity contribution in [2.45, 2.75) is 0 Å². The van der Waals surface area contributed by atoms with Crippen LogP contribution in [0.15, 0.2) is 0 Å².